The standard InChI is InChI=1S/C10H21N3O3/c1-12(5-6-16-2)9-7-13(8-9)4-3-11-10(14)15/h9,11H,3-8H2,1-2H3,(H,14,15). The Morgan fingerprint density at radius 2 is 2.31 bits per heavy atom. The molecule has 94 valence electrons. The van der Waals surface area contributed by atoms with Crippen molar-refractivity contribution in [3.63, 3.8) is 0 Å². The smallest absolute Gasteiger partial charge is 0.404 e. The molecule has 0 spiro atoms. The fourth-order valence-electron chi connectivity index (χ4n) is 1.74. The van der Waals surface area contributed by atoms with Gasteiger partial charge in [0, 0.05) is 45.9 Å². The molecular weight excluding hydrogens is 210 g/mol. The van der Waals surface area contributed by atoms with Crippen molar-refractivity contribution in [2.75, 3.05) is 53.5 Å². The van der Waals surface area contributed by atoms with Gasteiger partial charge in [-0.3, -0.25) is 9.80 Å². The highest BCUT2D eigenvalue weighted by Crippen LogP contribution is 2.12. The van der Waals surface area contributed by atoms with Crippen LogP contribution in [0.1, 0.15) is 0 Å². The summed E-state index contributed by atoms with van der Waals surface area (Å²) in [6.07, 6.45) is -0.950. The minimum Gasteiger partial charge on any atom is -0.465 e. The number of hydrogen-bond donors (Lipinski definition) is 2. The lowest BCUT2D eigenvalue weighted by molar-refractivity contribution is 0.0360. The molecule has 0 aromatic carbocycles. The van der Waals surface area contributed by atoms with Gasteiger partial charge in [-0.1, -0.05) is 0 Å². The topological polar surface area (TPSA) is 65.0 Å². The van der Waals surface area contributed by atoms with E-state index in [-0.39, 0.29) is 0 Å². The summed E-state index contributed by atoms with van der Waals surface area (Å²) in [6.45, 7) is 5.03. The molecule has 1 aliphatic rings. The summed E-state index contributed by atoms with van der Waals surface area (Å²) < 4.78 is 5.02. The first-order valence-corrected chi connectivity index (χ1v) is 5.52. The number of nitrogens with one attached hydrogen (secondary N) is 1. The number of methoxy groups -OCH3 is 1. The lowest BCUT2D eigenvalue weighted by Crippen LogP contribution is -2.59. The zero-order valence-electron chi connectivity index (χ0n) is 9.98. The van der Waals surface area contributed by atoms with Gasteiger partial charge < -0.3 is 15.2 Å². The van der Waals surface area contributed by atoms with Crippen LogP contribution in [-0.4, -0.2) is 80.5 Å². The van der Waals surface area contributed by atoms with Crippen LogP contribution < -0.4 is 5.32 Å². The van der Waals surface area contributed by atoms with Crippen LogP contribution >= 0.6 is 0 Å². The minimum absolute atomic E-state index is 0.504. The molecule has 0 aromatic rings. The summed E-state index contributed by atoms with van der Waals surface area (Å²) in [6, 6.07) is 0.583. The van der Waals surface area contributed by atoms with E-state index < -0.39 is 6.09 Å². The molecule has 0 aliphatic carbocycles. The maximum atomic E-state index is 10.2. The van der Waals surface area contributed by atoms with Gasteiger partial charge in [-0.2, -0.15) is 0 Å². The fourth-order valence-corrected chi connectivity index (χ4v) is 1.74. The highest BCUT2D eigenvalue weighted by molar-refractivity contribution is 5.64. The van der Waals surface area contributed by atoms with Crippen LogP contribution in [0.2, 0.25) is 0 Å². The second-order valence-electron chi connectivity index (χ2n) is 4.12. The predicted molar refractivity (Wildman–Crippen MR) is 60.8 cm³/mol. The summed E-state index contributed by atoms with van der Waals surface area (Å²) in [5.41, 5.74) is 0. The quantitative estimate of drug-likeness (QED) is 0.619. The van der Waals surface area contributed by atoms with Gasteiger partial charge in [0.25, 0.3) is 0 Å². The van der Waals surface area contributed by atoms with E-state index >= 15 is 0 Å². The molecule has 0 bridgehead atoms. The third kappa shape index (κ3) is 4.34. The SMILES string of the molecule is COCCN(C)C1CN(CCNC(=O)O)C1. The first-order valence-electron chi connectivity index (χ1n) is 5.52. The average molecular weight is 231 g/mol. The number of nitrogens with zero attached hydrogens (tertiary/aromatic N) is 2. The number of amides is 1. The Kier molecular flexibility index (Phi) is 5.51. The van der Waals surface area contributed by atoms with E-state index in [1.165, 1.54) is 0 Å². The van der Waals surface area contributed by atoms with Crippen molar-refractivity contribution < 1.29 is 14.6 Å². The molecule has 16 heavy (non-hydrogen) atoms. The molecular formula is C10H21N3O3. The molecule has 6 nitrogen and oxygen atoms in total. The number of carbonyl (C=O) groups is 1. The number of ether oxygens (including phenoxy) is 1. The van der Waals surface area contributed by atoms with Gasteiger partial charge in [0.1, 0.15) is 0 Å². The molecule has 0 unspecified atom stereocenters. The molecule has 1 fully saturated rings. The predicted octanol–water partition coefficient (Wildman–Crippen LogP) is -0.484. The minimum atomic E-state index is -0.950. The van der Waals surface area contributed by atoms with Gasteiger partial charge in [0.15, 0.2) is 0 Å². The molecule has 1 amide bonds. The fraction of sp³-hybridized carbons (Fsp3) is 0.900. The van der Waals surface area contributed by atoms with E-state index in [9.17, 15) is 4.79 Å². The monoisotopic (exact) mass is 231 g/mol. The average Bonchev–Trinajstić information content (AvgIpc) is 2.17. The summed E-state index contributed by atoms with van der Waals surface area (Å²) >= 11 is 0. The van der Waals surface area contributed by atoms with Crippen LogP contribution in [-0.2, 0) is 4.74 Å². The molecule has 6 heteroatoms. The van der Waals surface area contributed by atoms with Gasteiger partial charge >= 0.3 is 6.09 Å². The van der Waals surface area contributed by atoms with Crippen LogP contribution in [0.4, 0.5) is 4.79 Å². The zero-order valence-corrected chi connectivity index (χ0v) is 9.98. The lowest BCUT2D eigenvalue weighted by Gasteiger charge is -2.44. The molecule has 1 heterocycles. The number of carboxylic acid groups (broad SMARTS) is 1. The Bertz CT molecular complexity index is 219. The zero-order chi connectivity index (χ0) is 12.0. The number of rotatable bonds is 7. The summed E-state index contributed by atoms with van der Waals surface area (Å²) in [5.74, 6) is 0. The van der Waals surface area contributed by atoms with E-state index in [0.717, 1.165) is 32.8 Å². The highest BCUT2D eigenvalue weighted by Gasteiger charge is 2.28. The van der Waals surface area contributed by atoms with Crippen LogP contribution in [0.3, 0.4) is 0 Å². The van der Waals surface area contributed by atoms with Crippen molar-refractivity contribution in [2.24, 2.45) is 0 Å². The van der Waals surface area contributed by atoms with E-state index in [4.69, 9.17) is 9.84 Å². The lowest BCUT2D eigenvalue weighted by atomic mass is 10.1. The molecule has 1 aliphatic heterocycles. The third-order valence-electron chi connectivity index (χ3n) is 2.91. The molecule has 0 radical (unpaired) electrons. The summed E-state index contributed by atoms with van der Waals surface area (Å²) in [7, 11) is 3.80. The molecule has 0 atom stereocenters. The van der Waals surface area contributed by atoms with Crippen molar-refractivity contribution in [3.05, 3.63) is 0 Å². The van der Waals surface area contributed by atoms with Crippen molar-refractivity contribution in [1.29, 1.82) is 0 Å². The Hall–Kier alpha value is -0.850. The second kappa shape index (κ2) is 6.67. The van der Waals surface area contributed by atoms with E-state index in [0.29, 0.717) is 12.6 Å². The molecule has 1 saturated heterocycles. The van der Waals surface area contributed by atoms with Crippen molar-refractivity contribution in [1.82, 2.24) is 15.1 Å². The summed E-state index contributed by atoms with van der Waals surface area (Å²) in [5, 5.41) is 10.8. The molecule has 0 aromatic heterocycles. The Morgan fingerprint density at radius 1 is 1.62 bits per heavy atom. The summed E-state index contributed by atoms with van der Waals surface area (Å²) in [4.78, 5) is 14.7. The number of hydrogen-bond acceptors (Lipinski definition) is 4. The van der Waals surface area contributed by atoms with Crippen LogP contribution in [0.25, 0.3) is 0 Å². The van der Waals surface area contributed by atoms with Crippen molar-refractivity contribution >= 4 is 6.09 Å². The highest BCUT2D eigenvalue weighted by atomic mass is 16.5. The molecule has 0 saturated carbocycles. The van der Waals surface area contributed by atoms with E-state index in [2.05, 4.69) is 22.2 Å². The van der Waals surface area contributed by atoms with Crippen LogP contribution in [0.15, 0.2) is 0 Å². The number of likely N-dealkylation sites (N-methyl/N-ethyl adjacent to an activating group) is 1. The van der Waals surface area contributed by atoms with Crippen LogP contribution in [0, 0.1) is 0 Å². The van der Waals surface area contributed by atoms with Crippen LogP contribution in [0.5, 0.6) is 0 Å². The van der Waals surface area contributed by atoms with Crippen molar-refractivity contribution in [3.8, 4) is 0 Å². The molecule has 2 N–H and O–H groups in total. The van der Waals surface area contributed by atoms with E-state index in [1.54, 1.807) is 7.11 Å². The van der Waals surface area contributed by atoms with Gasteiger partial charge in [0.05, 0.1) is 6.61 Å². The van der Waals surface area contributed by atoms with Gasteiger partial charge in [-0.05, 0) is 7.05 Å². The molecule has 1 rings (SSSR count). The van der Waals surface area contributed by atoms with E-state index in [1.807, 2.05) is 0 Å². The normalized spacial score (nSPS) is 17.4. The second-order valence-corrected chi connectivity index (χ2v) is 4.12. The van der Waals surface area contributed by atoms with Gasteiger partial charge in [-0.15, -0.1) is 0 Å². The third-order valence-corrected chi connectivity index (χ3v) is 2.91. The largest absolute Gasteiger partial charge is 0.465 e. The Balaban J connectivity index is 2.01. The first kappa shape index (κ1) is 13.2. The maximum absolute atomic E-state index is 10.2. The maximum Gasteiger partial charge on any atom is 0.404 e. The Morgan fingerprint density at radius 3 is 2.88 bits per heavy atom. The number of likely N-dealkylation sites (tertiary alicyclic amines) is 1. The van der Waals surface area contributed by atoms with Crippen molar-refractivity contribution in [2.45, 2.75) is 6.04 Å². The van der Waals surface area contributed by atoms with Gasteiger partial charge in [0.2, 0.25) is 0 Å². The van der Waals surface area contributed by atoms with Gasteiger partial charge in [-0.25, -0.2) is 4.79 Å². The Labute approximate surface area is 96.2 Å². The first-order chi connectivity index (χ1) is 7.63.